The van der Waals surface area contributed by atoms with Crippen LogP contribution in [0.15, 0.2) is 24.5 Å². The van der Waals surface area contributed by atoms with Crippen molar-refractivity contribution in [3.63, 3.8) is 0 Å². The Kier molecular flexibility index (Phi) is 5.92. The number of nitrogens with zero attached hydrogens (tertiary/aromatic N) is 3. The second-order valence-electron chi connectivity index (χ2n) is 6.27. The molecule has 0 unspecified atom stereocenters. The van der Waals surface area contributed by atoms with Crippen molar-refractivity contribution < 1.29 is 19.0 Å². The molecule has 1 aliphatic rings. The molecule has 9 heteroatoms. The number of benzene rings is 1. The predicted octanol–water partition coefficient (Wildman–Crippen LogP) is 2.14. The number of rotatable bonds is 6. The fourth-order valence-electron chi connectivity index (χ4n) is 2.35. The summed E-state index contributed by atoms with van der Waals surface area (Å²) in [5.41, 5.74) is 1.25. The number of aryl methyl sites for hydroxylation is 1. The summed E-state index contributed by atoms with van der Waals surface area (Å²) in [6.07, 6.45) is 3.07. The second kappa shape index (κ2) is 8.54. The minimum atomic E-state index is -0.456. The highest BCUT2D eigenvalue weighted by Gasteiger charge is 2.18. The smallest absolute Gasteiger partial charge is 0.325 e. The lowest BCUT2D eigenvalue weighted by molar-refractivity contribution is 0.170. The van der Waals surface area contributed by atoms with Crippen LogP contribution >= 0.6 is 0 Å². The fourth-order valence-corrected chi connectivity index (χ4v) is 2.35. The van der Waals surface area contributed by atoms with Crippen LogP contribution in [0.2, 0.25) is 0 Å². The number of ether oxygens (including phenoxy) is 3. The minimum Gasteiger partial charge on any atom is -0.490 e. The third kappa shape index (κ3) is 5.20. The van der Waals surface area contributed by atoms with E-state index in [9.17, 15) is 4.79 Å². The predicted molar refractivity (Wildman–Crippen MR) is 101 cm³/mol. The monoisotopic (exact) mass is 373 g/mol. The summed E-state index contributed by atoms with van der Waals surface area (Å²) in [5.74, 6) is 2.01. The average molecular weight is 373 g/mol. The molecule has 9 nitrogen and oxygen atoms in total. The van der Waals surface area contributed by atoms with E-state index in [1.807, 2.05) is 25.9 Å². The van der Waals surface area contributed by atoms with Gasteiger partial charge in [-0.15, -0.1) is 0 Å². The molecule has 2 heterocycles. The van der Waals surface area contributed by atoms with E-state index in [1.54, 1.807) is 18.3 Å². The molecule has 0 fully saturated rings. The fraction of sp³-hybridized carbons (Fsp3) is 0.389. The minimum absolute atomic E-state index is 0.353. The lowest BCUT2D eigenvalue weighted by Gasteiger charge is -2.22. The quantitative estimate of drug-likeness (QED) is 0.800. The van der Waals surface area contributed by atoms with E-state index in [0.717, 1.165) is 12.2 Å². The SMILES string of the molecule is Cc1cnc(NC(=O)Nc2cc3c(cc2OCCN(C)C)OCCO3)cn1. The molecule has 3 rings (SSSR count). The highest BCUT2D eigenvalue weighted by molar-refractivity contribution is 6.00. The average Bonchev–Trinajstić information content (AvgIpc) is 2.63. The Balaban J connectivity index is 1.74. The molecule has 144 valence electrons. The first-order valence-electron chi connectivity index (χ1n) is 8.59. The number of urea groups is 1. The first kappa shape index (κ1) is 18.7. The number of fused-ring (bicyclic) bond motifs is 1. The molecule has 0 spiro atoms. The molecule has 0 saturated carbocycles. The van der Waals surface area contributed by atoms with Gasteiger partial charge in [-0.1, -0.05) is 0 Å². The van der Waals surface area contributed by atoms with Crippen LogP contribution in [0.5, 0.6) is 17.2 Å². The summed E-state index contributed by atoms with van der Waals surface area (Å²) in [7, 11) is 3.92. The molecule has 0 atom stereocenters. The molecule has 0 aliphatic carbocycles. The number of anilines is 2. The Hall–Kier alpha value is -3.07. The lowest BCUT2D eigenvalue weighted by Crippen LogP contribution is -2.23. The first-order valence-corrected chi connectivity index (χ1v) is 8.59. The summed E-state index contributed by atoms with van der Waals surface area (Å²) in [5, 5.41) is 5.41. The Morgan fingerprint density at radius 2 is 1.89 bits per heavy atom. The van der Waals surface area contributed by atoms with Gasteiger partial charge in [0, 0.05) is 18.7 Å². The number of hydrogen-bond donors (Lipinski definition) is 2. The molecule has 0 bridgehead atoms. The van der Waals surface area contributed by atoms with Crippen LogP contribution in [0.4, 0.5) is 16.3 Å². The van der Waals surface area contributed by atoms with Crippen molar-refractivity contribution >= 4 is 17.5 Å². The van der Waals surface area contributed by atoms with Gasteiger partial charge in [0.2, 0.25) is 0 Å². The van der Waals surface area contributed by atoms with Gasteiger partial charge in [0.15, 0.2) is 17.3 Å². The summed E-state index contributed by atoms with van der Waals surface area (Å²) >= 11 is 0. The molecule has 1 aliphatic heterocycles. The van der Waals surface area contributed by atoms with Gasteiger partial charge in [-0.25, -0.2) is 9.78 Å². The van der Waals surface area contributed by atoms with E-state index < -0.39 is 6.03 Å². The Bertz CT molecular complexity index is 795. The molecular weight excluding hydrogens is 350 g/mol. The first-order chi connectivity index (χ1) is 13.0. The van der Waals surface area contributed by atoms with Crippen LogP contribution in [-0.4, -0.2) is 61.4 Å². The van der Waals surface area contributed by atoms with Crippen molar-refractivity contribution in [1.29, 1.82) is 0 Å². The summed E-state index contributed by atoms with van der Waals surface area (Å²) in [4.78, 5) is 22.6. The molecule has 27 heavy (non-hydrogen) atoms. The van der Waals surface area contributed by atoms with Gasteiger partial charge in [0.1, 0.15) is 25.6 Å². The summed E-state index contributed by atoms with van der Waals surface area (Å²) in [6, 6.07) is 2.97. The third-order valence-corrected chi connectivity index (χ3v) is 3.71. The Morgan fingerprint density at radius 3 is 2.56 bits per heavy atom. The van der Waals surface area contributed by atoms with Gasteiger partial charge in [-0.2, -0.15) is 0 Å². The Labute approximate surface area is 157 Å². The molecule has 0 radical (unpaired) electrons. The number of nitrogens with one attached hydrogen (secondary N) is 2. The number of carbonyl (C=O) groups excluding carboxylic acids is 1. The highest BCUT2D eigenvalue weighted by atomic mass is 16.6. The maximum atomic E-state index is 12.3. The molecule has 0 saturated heterocycles. The summed E-state index contributed by atoms with van der Waals surface area (Å²) < 4.78 is 17.0. The standard InChI is InChI=1S/C18H23N5O4/c1-12-10-20-17(11-19-12)22-18(24)21-13-8-15-16(27-7-6-26-15)9-14(13)25-5-4-23(2)3/h8-11H,4-7H2,1-3H3,(H2,20,21,22,24). The van der Waals surface area contributed by atoms with Gasteiger partial charge in [-0.3, -0.25) is 10.3 Å². The van der Waals surface area contributed by atoms with E-state index >= 15 is 0 Å². The van der Waals surface area contributed by atoms with Gasteiger partial charge in [0.25, 0.3) is 0 Å². The highest BCUT2D eigenvalue weighted by Crippen LogP contribution is 2.39. The van der Waals surface area contributed by atoms with Crippen molar-refractivity contribution in [1.82, 2.24) is 14.9 Å². The number of hydrogen-bond acceptors (Lipinski definition) is 7. The zero-order valence-corrected chi connectivity index (χ0v) is 15.6. The molecule has 2 aromatic rings. The van der Waals surface area contributed by atoms with Crippen molar-refractivity contribution in [3.8, 4) is 17.2 Å². The normalized spacial score (nSPS) is 12.6. The van der Waals surface area contributed by atoms with Crippen molar-refractivity contribution in [3.05, 3.63) is 30.2 Å². The van der Waals surface area contributed by atoms with Gasteiger partial charge in [0.05, 0.1) is 23.8 Å². The molecule has 2 amide bonds. The van der Waals surface area contributed by atoms with Gasteiger partial charge >= 0.3 is 6.03 Å². The zero-order valence-electron chi connectivity index (χ0n) is 15.6. The van der Waals surface area contributed by atoms with Gasteiger partial charge in [-0.05, 0) is 21.0 Å². The van der Waals surface area contributed by atoms with E-state index in [2.05, 4.69) is 20.6 Å². The third-order valence-electron chi connectivity index (χ3n) is 3.71. The van der Waals surface area contributed by atoms with E-state index in [1.165, 1.54) is 6.20 Å². The topological polar surface area (TPSA) is 97.8 Å². The Morgan fingerprint density at radius 1 is 1.15 bits per heavy atom. The largest absolute Gasteiger partial charge is 0.490 e. The zero-order chi connectivity index (χ0) is 19.2. The molecule has 1 aromatic heterocycles. The number of amides is 2. The van der Waals surface area contributed by atoms with E-state index in [4.69, 9.17) is 14.2 Å². The van der Waals surface area contributed by atoms with E-state index in [0.29, 0.717) is 48.6 Å². The van der Waals surface area contributed by atoms with Crippen molar-refractivity contribution in [2.75, 3.05) is 51.1 Å². The van der Waals surface area contributed by atoms with Crippen LogP contribution < -0.4 is 24.8 Å². The van der Waals surface area contributed by atoms with Crippen LogP contribution in [0, 0.1) is 6.92 Å². The van der Waals surface area contributed by atoms with Crippen molar-refractivity contribution in [2.45, 2.75) is 6.92 Å². The molecule has 2 N–H and O–H groups in total. The lowest BCUT2D eigenvalue weighted by atomic mass is 10.2. The van der Waals surface area contributed by atoms with Gasteiger partial charge < -0.3 is 24.4 Å². The van der Waals surface area contributed by atoms with Crippen molar-refractivity contribution in [2.24, 2.45) is 0 Å². The number of likely N-dealkylation sites (N-methyl/N-ethyl adjacent to an activating group) is 1. The molecule has 1 aromatic carbocycles. The maximum absolute atomic E-state index is 12.3. The number of carbonyl (C=O) groups is 1. The second-order valence-corrected chi connectivity index (χ2v) is 6.27. The van der Waals surface area contributed by atoms with Crippen LogP contribution in [0.25, 0.3) is 0 Å². The molecular formula is C18H23N5O4. The van der Waals surface area contributed by atoms with Crippen LogP contribution in [0.3, 0.4) is 0 Å². The number of aromatic nitrogens is 2. The summed E-state index contributed by atoms with van der Waals surface area (Å²) in [6.45, 7) is 3.96. The van der Waals surface area contributed by atoms with E-state index in [-0.39, 0.29) is 0 Å². The van der Waals surface area contributed by atoms with Crippen LogP contribution in [-0.2, 0) is 0 Å². The van der Waals surface area contributed by atoms with Crippen LogP contribution in [0.1, 0.15) is 5.69 Å². The maximum Gasteiger partial charge on any atom is 0.325 e.